The SMILES string of the molecule is Cc1ccc(C2CN(C(=O)c3ccc(Cl)cc3)CC2C(=O)N2CCCC2)cc1. The fourth-order valence-electron chi connectivity index (χ4n) is 4.32. The monoisotopic (exact) mass is 396 g/mol. The minimum absolute atomic E-state index is 0.0324. The number of halogens is 1. The highest BCUT2D eigenvalue weighted by molar-refractivity contribution is 6.30. The van der Waals surface area contributed by atoms with E-state index < -0.39 is 0 Å². The molecule has 4 nitrogen and oxygen atoms in total. The first kappa shape index (κ1) is 19.0. The van der Waals surface area contributed by atoms with E-state index in [9.17, 15) is 9.59 Å². The molecule has 0 spiro atoms. The predicted octanol–water partition coefficient (Wildman–Crippen LogP) is 4.13. The minimum Gasteiger partial charge on any atom is -0.342 e. The van der Waals surface area contributed by atoms with Crippen molar-refractivity contribution in [1.29, 1.82) is 0 Å². The molecule has 2 atom stereocenters. The highest BCUT2D eigenvalue weighted by Gasteiger charge is 2.42. The number of hydrogen-bond donors (Lipinski definition) is 0. The molecule has 2 aliphatic heterocycles. The van der Waals surface area contributed by atoms with Crippen LogP contribution in [-0.4, -0.2) is 47.8 Å². The molecule has 0 aromatic heterocycles. The number of aryl methyl sites for hydroxylation is 1. The van der Waals surface area contributed by atoms with Gasteiger partial charge in [0.15, 0.2) is 0 Å². The Morgan fingerprint density at radius 1 is 0.893 bits per heavy atom. The number of nitrogens with zero attached hydrogens (tertiary/aromatic N) is 2. The van der Waals surface area contributed by atoms with E-state index >= 15 is 0 Å². The lowest BCUT2D eigenvalue weighted by Crippen LogP contribution is -2.37. The number of amides is 2. The van der Waals surface area contributed by atoms with Crippen LogP contribution in [0.3, 0.4) is 0 Å². The molecule has 0 N–H and O–H groups in total. The van der Waals surface area contributed by atoms with Gasteiger partial charge in [-0.25, -0.2) is 0 Å². The average Bonchev–Trinajstić information content (AvgIpc) is 3.38. The maximum Gasteiger partial charge on any atom is 0.253 e. The molecule has 2 aromatic rings. The number of likely N-dealkylation sites (tertiary alicyclic amines) is 2. The van der Waals surface area contributed by atoms with Gasteiger partial charge in [0.05, 0.1) is 5.92 Å². The highest BCUT2D eigenvalue weighted by Crippen LogP contribution is 2.35. The van der Waals surface area contributed by atoms with Gasteiger partial charge in [-0.3, -0.25) is 9.59 Å². The second-order valence-electron chi connectivity index (χ2n) is 7.87. The number of carbonyl (C=O) groups excluding carboxylic acids is 2. The molecule has 2 amide bonds. The van der Waals surface area contributed by atoms with Crippen molar-refractivity contribution in [2.24, 2.45) is 5.92 Å². The van der Waals surface area contributed by atoms with Crippen LogP contribution < -0.4 is 0 Å². The molecular weight excluding hydrogens is 372 g/mol. The van der Waals surface area contributed by atoms with E-state index in [4.69, 9.17) is 11.6 Å². The molecule has 2 aliphatic rings. The Bertz CT molecular complexity index is 857. The largest absolute Gasteiger partial charge is 0.342 e. The van der Waals surface area contributed by atoms with E-state index in [0.717, 1.165) is 31.5 Å². The van der Waals surface area contributed by atoms with E-state index in [1.165, 1.54) is 5.56 Å². The molecule has 4 rings (SSSR count). The van der Waals surface area contributed by atoms with E-state index in [0.29, 0.717) is 23.7 Å². The summed E-state index contributed by atoms with van der Waals surface area (Å²) in [6.07, 6.45) is 2.14. The van der Waals surface area contributed by atoms with Gasteiger partial charge in [0.1, 0.15) is 0 Å². The van der Waals surface area contributed by atoms with Gasteiger partial charge >= 0.3 is 0 Å². The fourth-order valence-corrected chi connectivity index (χ4v) is 4.44. The molecular formula is C23H25ClN2O2. The maximum absolute atomic E-state index is 13.2. The molecule has 2 saturated heterocycles. The van der Waals surface area contributed by atoms with Crippen LogP contribution in [0.4, 0.5) is 0 Å². The summed E-state index contributed by atoms with van der Waals surface area (Å²) in [5, 5.41) is 0.609. The standard InChI is InChI=1S/C23H25ClN2O2/c1-16-4-6-17(7-5-16)20-14-26(22(27)18-8-10-19(24)11-9-18)15-21(20)23(28)25-12-2-3-13-25/h4-11,20-21H,2-3,12-15H2,1H3. The second kappa shape index (κ2) is 7.96. The Balaban J connectivity index is 1.60. The highest BCUT2D eigenvalue weighted by atomic mass is 35.5. The molecule has 28 heavy (non-hydrogen) atoms. The van der Waals surface area contributed by atoms with Gasteiger partial charge < -0.3 is 9.80 Å². The molecule has 2 aromatic carbocycles. The van der Waals surface area contributed by atoms with Crippen molar-refractivity contribution in [3.63, 3.8) is 0 Å². The molecule has 0 aliphatic carbocycles. The molecule has 0 saturated carbocycles. The van der Waals surface area contributed by atoms with E-state index in [2.05, 4.69) is 31.2 Å². The van der Waals surface area contributed by atoms with Crippen molar-refractivity contribution >= 4 is 23.4 Å². The lowest BCUT2D eigenvalue weighted by molar-refractivity contribution is -0.134. The topological polar surface area (TPSA) is 40.6 Å². The zero-order valence-electron chi connectivity index (χ0n) is 16.1. The Morgan fingerprint density at radius 2 is 1.54 bits per heavy atom. The first-order valence-corrected chi connectivity index (χ1v) is 10.3. The molecule has 2 fully saturated rings. The van der Waals surface area contributed by atoms with Gasteiger partial charge in [-0.2, -0.15) is 0 Å². The molecule has 0 radical (unpaired) electrons. The molecule has 5 heteroatoms. The van der Waals surface area contributed by atoms with Crippen LogP contribution in [0.2, 0.25) is 5.02 Å². The Kier molecular flexibility index (Phi) is 5.40. The van der Waals surface area contributed by atoms with Gasteiger partial charge in [-0.05, 0) is 49.6 Å². The van der Waals surface area contributed by atoms with E-state index in [1.807, 2.05) is 9.80 Å². The summed E-state index contributed by atoms with van der Waals surface area (Å²) < 4.78 is 0. The first-order valence-electron chi connectivity index (χ1n) is 9.93. The van der Waals surface area contributed by atoms with Crippen LogP contribution in [0, 0.1) is 12.8 Å². The third-order valence-corrected chi connectivity index (χ3v) is 6.19. The molecule has 2 unspecified atom stereocenters. The normalized spacial score (nSPS) is 21.9. The maximum atomic E-state index is 13.2. The van der Waals surface area contributed by atoms with Crippen LogP contribution in [-0.2, 0) is 4.79 Å². The predicted molar refractivity (Wildman–Crippen MR) is 111 cm³/mol. The summed E-state index contributed by atoms with van der Waals surface area (Å²) in [6.45, 7) is 4.76. The van der Waals surface area contributed by atoms with Crippen molar-refractivity contribution in [3.8, 4) is 0 Å². The zero-order chi connectivity index (χ0) is 19.7. The second-order valence-corrected chi connectivity index (χ2v) is 8.31. The zero-order valence-corrected chi connectivity index (χ0v) is 16.9. The van der Waals surface area contributed by atoms with Crippen LogP contribution >= 0.6 is 11.6 Å². The van der Waals surface area contributed by atoms with Gasteiger partial charge in [0.25, 0.3) is 5.91 Å². The lowest BCUT2D eigenvalue weighted by atomic mass is 9.87. The van der Waals surface area contributed by atoms with Crippen LogP contribution in [0.1, 0.15) is 40.2 Å². The van der Waals surface area contributed by atoms with E-state index in [-0.39, 0.29) is 23.7 Å². The average molecular weight is 397 g/mol. The fraction of sp³-hybridized carbons (Fsp3) is 0.391. The van der Waals surface area contributed by atoms with Crippen molar-refractivity contribution in [3.05, 3.63) is 70.2 Å². The summed E-state index contributed by atoms with van der Waals surface area (Å²) in [6, 6.07) is 15.3. The third kappa shape index (κ3) is 3.79. The Morgan fingerprint density at radius 3 is 2.18 bits per heavy atom. The summed E-state index contributed by atoms with van der Waals surface area (Å²) in [4.78, 5) is 30.1. The number of carbonyl (C=O) groups is 2. The van der Waals surface area contributed by atoms with Crippen LogP contribution in [0.25, 0.3) is 0 Å². The van der Waals surface area contributed by atoms with Crippen molar-refractivity contribution in [2.45, 2.75) is 25.7 Å². The Labute approximate surface area is 171 Å². The van der Waals surface area contributed by atoms with E-state index in [1.54, 1.807) is 24.3 Å². The first-order chi connectivity index (χ1) is 13.5. The van der Waals surface area contributed by atoms with Crippen molar-refractivity contribution in [2.75, 3.05) is 26.2 Å². The van der Waals surface area contributed by atoms with Crippen LogP contribution in [0.5, 0.6) is 0 Å². The molecule has 0 bridgehead atoms. The minimum atomic E-state index is -0.183. The molecule has 2 heterocycles. The van der Waals surface area contributed by atoms with Crippen LogP contribution in [0.15, 0.2) is 48.5 Å². The van der Waals surface area contributed by atoms with Gasteiger partial charge in [-0.15, -0.1) is 0 Å². The number of hydrogen-bond acceptors (Lipinski definition) is 2. The number of rotatable bonds is 3. The van der Waals surface area contributed by atoms with Crippen molar-refractivity contribution in [1.82, 2.24) is 9.80 Å². The summed E-state index contributed by atoms with van der Waals surface area (Å²) in [7, 11) is 0. The molecule has 146 valence electrons. The smallest absolute Gasteiger partial charge is 0.253 e. The summed E-state index contributed by atoms with van der Waals surface area (Å²) >= 11 is 5.95. The Hall–Kier alpha value is -2.33. The number of benzene rings is 2. The van der Waals surface area contributed by atoms with Gasteiger partial charge in [-0.1, -0.05) is 41.4 Å². The summed E-state index contributed by atoms with van der Waals surface area (Å²) in [5.74, 6) is 0.00184. The summed E-state index contributed by atoms with van der Waals surface area (Å²) in [5.41, 5.74) is 2.94. The lowest BCUT2D eigenvalue weighted by Gasteiger charge is -2.24. The van der Waals surface area contributed by atoms with Gasteiger partial charge in [0, 0.05) is 42.7 Å². The van der Waals surface area contributed by atoms with Gasteiger partial charge in [0.2, 0.25) is 5.91 Å². The quantitative estimate of drug-likeness (QED) is 0.782. The van der Waals surface area contributed by atoms with Crippen molar-refractivity contribution < 1.29 is 9.59 Å². The third-order valence-electron chi connectivity index (χ3n) is 5.94.